The van der Waals surface area contributed by atoms with Gasteiger partial charge in [-0.1, -0.05) is 42.5 Å². The molecular weight excluding hydrogens is 326 g/mol. The van der Waals surface area contributed by atoms with Gasteiger partial charge in [-0.2, -0.15) is 5.10 Å². The van der Waals surface area contributed by atoms with Gasteiger partial charge < -0.3 is 4.57 Å². The number of hydrogen-bond acceptors (Lipinski definition) is 3. The molecule has 0 atom stereocenters. The monoisotopic (exact) mass is 345 g/mol. The Morgan fingerprint density at radius 1 is 1.08 bits per heavy atom. The molecule has 0 aliphatic carbocycles. The van der Waals surface area contributed by atoms with Crippen molar-refractivity contribution in [2.24, 2.45) is 0 Å². The number of para-hydroxylation sites is 2. The molecule has 0 fully saturated rings. The Hall–Kier alpha value is -3.41. The number of nitrogens with zero attached hydrogens (tertiary/aromatic N) is 4. The molecule has 0 aliphatic heterocycles. The molecule has 0 spiro atoms. The van der Waals surface area contributed by atoms with E-state index >= 15 is 0 Å². The topological polar surface area (TPSA) is 64.7 Å². The van der Waals surface area contributed by atoms with Crippen LogP contribution < -0.4 is 5.32 Å². The predicted octanol–water partition coefficient (Wildman–Crippen LogP) is 3.55. The minimum atomic E-state index is -0.214. The minimum absolute atomic E-state index is 0.214. The highest BCUT2D eigenvalue weighted by atomic mass is 16.1. The van der Waals surface area contributed by atoms with E-state index in [4.69, 9.17) is 0 Å². The largest absolute Gasteiger partial charge is 0.310 e. The van der Waals surface area contributed by atoms with E-state index in [1.165, 1.54) is 0 Å². The molecule has 130 valence electrons. The quantitative estimate of drug-likeness (QED) is 0.601. The Kier molecular flexibility index (Phi) is 4.23. The molecule has 0 saturated carbocycles. The highest BCUT2D eigenvalue weighted by molar-refractivity contribution is 6.03. The predicted molar refractivity (Wildman–Crippen MR) is 101 cm³/mol. The van der Waals surface area contributed by atoms with E-state index in [0.717, 1.165) is 23.1 Å². The zero-order valence-electron chi connectivity index (χ0n) is 14.5. The molecule has 6 nitrogen and oxygen atoms in total. The van der Waals surface area contributed by atoms with E-state index in [9.17, 15) is 4.79 Å². The first-order valence-corrected chi connectivity index (χ1v) is 8.57. The van der Waals surface area contributed by atoms with E-state index in [0.29, 0.717) is 18.1 Å². The number of carbonyl (C=O) groups excluding carboxylic acids is 1. The van der Waals surface area contributed by atoms with Gasteiger partial charge in [0.15, 0.2) is 0 Å². The number of fused-ring (bicyclic) bond motifs is 1. The van der Waals surface area contributed by atoms with Crippen LogP contribution in [0.3, 0.4) is 0 Å². The standard InChI is InChI=1S/C20H19N5O/c1-2-25-18-11-7-6-10-17(18)22-20(25)23-19(26)16-12-21-24(14-16)13-15-8-4-3-5-9-15/h3-12,14H,2,13H2,1H3,(H,22,23,26). The van der Waals surface area contributed by atoms with Crippen LogP contribution in [0.4, 0.5) is 5.95 Å². The summed E-state index contributed by atoms with van der Waals surface area (Å²) in [7, 11) is 0. The van der Waals surface area contributed by atoms with Crippen molar-refractivity contribution in [3.8, 4) is 0 Å². The summed E-state index contributed by atoms with van der Waals surface area (Å²) in [5.41, 5.74) is 3.51. The molecule has 2 heterocycles. The first-order valence-electron chi connectivity index (χ1n) is 8.57. The lowest BCUT2D eigenvalue weighted by Gasteiger charge is -2.06. The van der Waals surface area contributed by atoms with Gasteiger partial charge in [0.2, 0.25) is 5.95 Å². The van der Waals surface area contributed by atoms with Crippen molar-refractivity contribution >= 4 is 22.9 Å². The highest BCUT2D eigenvalue weighted by Crippen LogP contribution is 2.19. The van der Waals surface area contributed by atoms with Crippen molar-refractivity contribution in [2.45, 2.75) is 20.0 Å². The van der Waals surface area contributed by atoms with Gasteiger partial charge >= 0.3 is 0 Å². The lowest BCUT2D eigenvalue weighted by atomic mass is 10.2. The Balaban J connectivity index is 1.54. The molecule has 0 bridgehead atoms. The van der Waals surface area contributed by atoms with Crippen molar-refractivity contribution in [2.75, 3.05) is 5.32 Å². The molecule has 26 heavy (non-hydrogen) atoms. The van der Waals surface area contributed by atoms with E-state index in [2.05, 4.69) is 15.4 Å². The molecule has 0 saturated heterocycles. The van der Waals surface area contributed by atoms with E-state index in [1.807, 2.05) is 66.1 Å². The van der Waals surface area contributed by atoms with Crippen LogP contribution >= 0.6 is 0 Å². The molecule has 2 aromatic heterocycles. The van der Waals surface area contributed by atoms with Gasteiger partial charge in [-0.25, -0.2) is 4.98 Å². The van der Waals surface area contributed by atoms with E-state index in [1.54, 1.807) is 17.1 Å². The second kappa shape index (κ2) is 6.84. The fourth-order valence-corrected chi connectivity index (χ4v) is 3.00. The van der Waals surface area contributed by atoms with Gasteiger partial charge in [-0.15, -0.1) is 0 Å². The fourth-order valence-electron chi connectivity index (χ4n) is 3.00. The van der Waals surface area contributed by atoms with Crippen molar-refractivity contribution in [1.82, 2.24) is 19.3 Å². The lowest BCUT2D eigenvalue weighted by molar-refractivity contribution is 0.102. The van der Waals surface area contributed by atoms with Crippen LogP contribution in [0.1, 0.15) is 22.8 Å². The third kappa shape index (κ3) is 3.09. The minimum Gasteiger partial charge on any atom is -0.310 e. The van der Waals surface area contributed by atoms with Gasteiger partial charge in [0.1, 0.15) is 0 Å². The van der Waals surface area contributed by atoms with Crippen LogP contribution in [0.2, 0.25) is 0 Å². The molecule has 2 aromatic carbocycles. The Morgan fingerprint density at radius 2 is 1.85 bits per heavy atom. The van der Waals surface area contributed by atoms with E-state index in [-0.39, 0.29) is 5.91 Å². The summed E-state index contributed by atoms with van der Waals surface area (Å²) in [6, 6.07) is 17.9. The number of aryl methyl sites for hydroxylation is 1. The highest BCUT2D eigenvalue weighted by Gasteiger charge is 2.14. The molecule has 1 N–H and O–H groups in total. The van der Waals surface area contributed by atoms with Gasteiger partial charge in [-0.3, -0.25) is 14.8 Å². The molecular formula is C20H19N5O. The van der Waals surface area contributed by atoms with Gasteiger partial charge in [0.05, 0.1) is 29.3 Å². The van der Waals surface area contributed by atoms with Crippen molar-refractivity contribution in [3.05, 3.63) is 78.1 Å². The third-order valence-electron chi connectivity index (χ3n) is 4.28. The molecule has 0 unspecified atom stereocenters. The Bertz CT molecular complexity index is 1050. The Morgan fingerprint density at radius 3 is 2.65 bits per heavy atom. The summed E-state index contributed by atoms with van der Waals surface area (Å²) in [5, 5.41) is 7.19. The maximum atomic E-state index is 12.6. The number of nitrogens with one attached hydrogen (secondary N) is 1. The smallest absolute Gasteiger partial charge is 0.261 e. The summed E-state index contributed by atoms with van der Waals surface area (Å²) in [4.78, 5) is 17.1. The van der Waals surface area contributed by atoms with E-state index < -0.39 is 0 Å². The van der Waals surface area contributed by atoms with Gasteiger partial charge in [-0.05, 0) is 24.6 Å². The zero-order chi connectivity index (χ0) is 17.9. The number of hydrogen-bond donors (Lipinski definition) is 1. The molecule has 1 amide bonds. The zero-order valence-corrected chi connectivity index (χ0v) is 14.5. The number of amides is 1. The van der Waals surface area contributed by atoms with Gasteiger partial charge in [0, 0.05) is 12.7 Å². The van der Waals surface area contributed by atoms with Crippen LogP contribution in [-0.2, 0) is 13.1 Å². The Labute approximate surface area is 151 Å². The molecule has 4 rings (SSSR count). The number of rotatable bonds is 5. The lowest BCUT2D eigenvalue weighted by Crippen LogP contribution is -2.15. The van der Waals surface area contributed by atoms with Crippen LogP contribution in [0.25, 0.3) is 11.0 Å². The summed E-state index contributed by atoms with van der Waals surface area (Å²) < 4.78 is 3.74. The summed E-state index contributed by atoms with van der Waals surface area (Å²) in [6.45, 7) is 3.38. The maximum Gasteiger partial charge on any atom is 0.261 e. The third-order valence-corrected chi connectivity index (χ3v) is 4.28. The normalized spacial score (nSPS) is 11.0. The molecule has 0 radical (unpaired) electrons. The average molecular weight is 345 g/mol. The SMILES string of the molecule is CCn1c(NC(=O)c2cnn(Cc3ccccc3)c2)nc2ccccc21. The number of benzene rings is 2. The van der Waals surface area contributed by atoms with Crippen LogP contribution in [0.15, 0.2) is 67.0 Å². The summed E-state index contributed by atoms with van der Waals surface area (Å²) in [5.74, 6) is 0.337. The fraction of sp³-hybridized carbons (Fsp3) is 0.150. The number of aromatic nitrogens is 4. The van der Waals surface area contributed by atoms with Gasteiger partial charge in [0.25, 0.3) is 5.91 Å². The summed E-state index contributed by atoms with van der Waals surface area (Å²) in [6.07, 6.45) is 3.33. The van der Waals surface area contributed by atoms with Crippen molar-refractivity contribution in [1.29, 1.82) is 0 Å². The first kappa shape index (κ1) is 16.1. The number of anilines is 1. The van der Waals surface area contributed by atoms with Crippen molar-refractivity contribution in [3.63, 3.8) is 0 Å². The van der Waals surface area contributed by atoms with Crippen molar-refractivity contribution < 1.29 is 4.79 Å². The maximum absolute atomic E-state index is 12.6. The molecule has 4 aromatic rings. The van der Waals surface area contributed by atoms with Crippen LogP contribution in [-0.4, -0.2) is 25.2 Å². The summed E-state index contributed by atoms with van der Waals surface area (Å²) >= 11 is 0. The average Bonchev–Trinajstić information content (AvgIpc) is 3.26. The first-order chi connectivity index (χ1) is 12.7. The molecule has 0 aliphatic rings. The second-order valence-corrected chi connectivity index (χ2v) is 6.03. The number of carbonyl (C=O) groups is 1. The molecule has 6 heteroatoms. The second-order valence-electron chi connectivity index (χ2n) is 6.03. The number of imidazole rings is 1. The van der Waals surface area contributed by atoms with Crippen LogP contribution in [0.5, 0.6) is 0 Å². The van der Waals surface area contributed by atoms with Crippen LogP contribution in [0, 0.1) is 0 Å².